The number of nitrogens with zero attached hydrogens (tertiary/aromatic N) is 4. The summed E-state index contributed by atoms with van der Waals surface area (Å²) in [7, 11) is 1.52. The first-order valence-electron chi connectivity index (χ1n) is 10.7. The van der Waals surface area contributed by atoms with E-state index in [0.717, 1.165) is 30.4 Å². The molecular weight excluding hydrogens is 413 g/mol. The molecule has 5 rings (SSSR count). The van der Waals surface area contributed by atoms with Crippen molar-refractivity contribution in [3.05, 3.63) is 42.6 Å². The molecule has 2 saturated heterocycles. The Kier molecular flexibility index (Phi) is 5.57. The molecule has 8 nitrogen and oxygen atoms in total. The molecular formula is C23H24FN5O3. The van der Waals surface area contributed by atoms with Gasteiger partial charge >= 0.3 is 0 Å². The molecule has 0 saturated carbocycles. The first kappa shape index (κ1) is 20.6. The Balaban J connectivity index is 1.31. The van der Waals surface area contributed by atoms with Crippen LogP contribution < -0.4 is 14.8 Å². The number of rotatable bonds is 5. The van der Waals surface area contributed by atoms with E-state index in [-0.39, 0.29) is 17.7 Å². The first-order valence-corrected chi connectivity index (χ1v) is 10.7. The Morgan fingerprint density at radius 1 is 1.03 bits per heavy atom. The summed E-state index contributed by atoms with van der Waals surface area (Å²) < 4.78 is 25.7. The molecule has 166 valence electrons. The van der Waals surface area contributed by atoms with Gasteiger partial charge in [-0.1, -0.05) is 12.5 Å². The lowest BCUT2D eigenvalue weighted by Crippen LogP contribution is -2.59. The number of aromatic nitrogens is 4. The average Bonchev–Trinajstić information content (AvgIpc) is 2.83. The topological polar surface area (TPSA) is 102 Å². The third-order valence-electron chi connectivity index (χ3n) is 6.13. The van der Waals surface area contributed by atoms with E-state index in [1.165, 1.54) is 7.11 Å². The van der Waals surface area contributed by atoms with Gasteiger partial charge in [-0.2, -0.15) is 5.10 Å². The summed E-state index contributed by atoms with van der Waals surface area (Å²) in [5.41, 5.74) is 2.55. The highest BCUT2D eigenvalue weighted by molar-refractivity contribution is 5.74. The number of alkyl halides is 1. The van der Waals surface area contributed by atoms with E-state index in [0.29, 0.717) is 29.6 Å². The Bertz CT molecular complexity index is 1100. The molecule has 2 N–H and O–H groups in total. The van der Waals surface area contributed by atoms with Gasteiger partial charge in [-0.25, -0.2) is 4.39 Å². The number of hydrogen-bond donors (Lipinski definition) is 2. The van der Waals surface area contributed by atoms with E-state index in [2.05, 4.69) is 25.7 Å². The summed E-state index contributed by atoms with van der Waals surface area (Å²) in [5, 5.41) is 30.0. The fraction of sp³-hybridized carbons (Fsp3) is 0.391. The standard InChI is InChI=1S/C23H24FN5O3/c1-31-22-10-14(12-25-28-22)13-5-6-16(19(30)9-13)17-7-8-21(29-27-17)32-20-11-15-3-2-4-18(26-15)23(20)24/h5-10,12,15,18,20,23,26,30H,2-4,11H2,1H3/t15-,18+,20-,23+/m1/s1. The second-order valence-electron chi connectivity index (χ2n) is 8.21. The summed E-state index contributed by atoms with van der Waals surface area (Å²) in [4.78, 5) is 0. The number of nitrogens with one attached hydrogen (secondary N) is 1. The fourth-order valence-corrected chi connectivity index (χ4v) is 4.49. The smallest absolute Gasteiger partial charge is 0.233 e. The molecule has 2 bridgehead atoms. The van der Waals surface area contributed by atoms with Crippen LogP contribution in [-0.4, -0.2) is 57.0 Å². The van der Waals surface area contributed by atoms with E-state index in [4.69, 9.17) is 9.47 Å². The lowest BCUT2D eigenvalue weighted by atomic mass is 9.84. The molecule has 9 heteroatoms. The number of methoxy groups -OCH3 is 1. The van der Waals surface area contributed by atoms with Gasteiger partial charge < -0.3 is 19.9 Å². The van der Waals surface area contributed by atoms with Crippen molar-refractivity contribution in [3.63, 3.8) is 0 Å². The van der Waals surface area contributed by atoms with Crippen LogP contribution in [-0.2, 0) is 0 Å². The van der Waals surface area contributed by atoms with Crippen LogP contribution in [0.2, 0.25) is 0 Å². The quantitative estimate of drug-likeness (QED) is 0.627. The molecule has 2 fully saturated rings. The number of benzene rings is 1. The lowest BCUT2D eigenvalue weighted by Gasteiger charge is -2.42. The highest BCUT2D eigenvalue weighted by atomic mass is 19.1. The fourth-order valence-electron chi connectivity index (χ4n) is 4.49. The molecule has 4 atom stereocenters. The molecule has 0 unspecified atom stereocenters. The predicted octanol–water partition coefficient (Wildman–Crippen LogP) is 3.31. The van der Waals surface area contributed by atoms with Crippen LogP contribution in [0.25, 0.3) is 22.4 Å². The minimum absolute atomic E-state index is 0.0521. The highest BCUT2D eigenvalue weighted by Crippen LogP contribution is 2.34. The van der Waals surface area contributed by atoms with Crippen molar-refractivity contribution in [1.29, 1.82) is 0 Å². The minimum Gasteiger partial charge on any atom is -0.507 e. The molecule has 2 aromatic heterocycles. The lowest BCUT2D eigenvalue weighted by molar-refractivity contribution is 0.00652. The number of phenols is 1. The Morgan fingerprint density at radius 2 is 1.94 bits per heavy atom. The van der Waals surface area contributed by atoms with Crippen molar-refractivity contribution >= 4 is 0 Å². The maximum atomic E-state index is 14.7. The van der Waals surface area contributed by atoms with Crippen LogP contribution in [0.15, 0.2) is 42.6 Å². The summed E-state index contributed by atoms with van der Waals surface area (Å²) >= 11 is 0. The number of piperidine rings is 2. The number of aromatic hydroxyl groups is 1. The second kappa shape index (κ2) is 8.66. The van der Waals surface area contributed by atoms with Gasteiger partial charge in [0.05, 0.1) is 19.0 Å². The average molecular weight is 437 g/mol. The van der Waals surface area contributed by atoms with Gasteiger partial charge in [0.25, 0.3) is 0 Å². The normalized spacial score (nSPS) is 24.7. The Labute approximate surface area is 184 Å². The van der Waals surface area contributed by atoms with E-state index in [1.807, 2.05) is 6.07 Å². The van der Waals surface area contributed by atoms with Crippen molar-refractivity contribution in [2.75, 3.05) is 7.11 Å². The van der Waals surface area contributed by atoms with Gasteiger partial charge in [-0.15, -0.1) is 15.3 Å². The van der Waals surface area contributed by atoms with Gasteiger partial charge in [0.2, 0.25) is 11.8 Å². The zero-order chi connectivity index (χ0) is 22.1. The molecule has 2 aliphatic rings. The van der Waals surface area contributed by atoms with Gasteiger partial charge in [-0.3, -0.25) is 0 Å². The molecule has 1 aromatic carbocycles. The predicted molar refractivity (Wildman–Crippen MR) is 115 cm³/mol. The third-order valence-corrected chi connectivity index (χ3v) is 6.13. The number of fused-ring (bicyclic) bond motifs is 2. The Morgan fingerprint density at radius 3 is 2.72 bits per heavy atom. The van der Waals surface area contributed by atoms with E-state index >= 15 is 0 Å². The molecule has 0 spiro atoms. The summed E-state index contributed by atoms with van der Waals surface area (Å²) in [6, 6.07) is 10.5. The number of hydrogen-bond acceptors (Lipinski definition) is 8. The summed E-state index contributed by atoms with van der Waals surface area (Å²) in [6.45, 7) is 0. The highest BCUT2D eigenvalue weighted by Gasteiger charge is 2.41. The van der Waals surface area contributed by atoms with Crippen molar-refractivity contribution in [2.24, 2.45) is 0 Å². The van der Waals surface area contributed by atoms with Gasteiger partial charge in [0, 0.05) is 41.8 Å². The maximum absolute atomic E-state index is 14.7. The SMILES string of the molecule is COc1cc(-c2ccc(-c3ccc(O[C@@H]4C[C@H]5CCC[C@H](N5)[C@@H]4F)nn3)c(O)c2)cnn1. The number of ether oxygens (including phenoxy) is 2. The molecule has 0 aliphatic carbocycles. The van der Waals surface area contributed by atoms with E-state index in [1.54, 1.807) is 36.5 Å². The van der Waals surface area contributed by atoms with Crippen molar-refractivity contribution in [1.82, 2.24) is 25.7 Å². The van der Waals surface area contributed by atoms with Gasteiger partial charge in [0.1, 0.15) is 11.9 Å². The largest absolute Gasteiger partial charge is 0.507 e. The van der Waals surface area contributed by atoms with Gasteiger partial charge in [-0.05, 0) is 36.6 Å². The first-order chi connectivity index (χ1) is 15.6. The monoisotopic (exact) mass is 437 g/mol. The van der Waals surface area contributed by atoms with Crippen molar-refractivity contribution in [3.8, 4) is 39.9 Å². The number of halogens is 1. The molecule has 0 radical (unpaired) electrons. The van der Waals surface area contributed by atoms with Gasteiger partial charge in [0.15, 0.2) is 6.17 Å². The van der Waals surface area contributed by atoms with Crippen molar-refractivity contribution in [2.45, 2.75) is 50.0 Å². The van der Waals surface area contributed by atoms with Crippen LogP contribution in [0.5, 0.6) is 17.5 Å². The third kappa shape index (κ3) is 4.08. The Hall–Kier alpha value is -3.33. The van der Waals surface area contributed by atoms with Crippen LogP contribution in [0.1, 0.15) is 25.7 Å². The second-order valence-corrected chi connectivity index (χ2v) is 8.21. The van der Waals surface area contributed by atoms with Crippen LogP contribution in [0, 0.1) is 0 Å². The molecule has 2 aliphatic heterocycles. The molecule has 4 heterocycles. The zero-order valence-electron chi connectivity index (χ0n) is 17.6. The molecule has 32 heavy (non-hydrogen) atoms. The maximum Gasteiger partial charge on any atom is 0.233 e. The number of phenolic OH excluding ortho intramolecular Hbond substituents is 1. The minimum atomic E-state index is -1.06. The van der Waals surface area contributed by atoms with Crippen LogP contribution in [0.3, 0.4) is 0 Å². The molecule has 3 aromatic rings. The van der Waals surface area contributed by atoms with E-state index < -0.39 is 12.3 Å². The molecule has 0 amide bonds. The zero-order valence-corrected chi connectivity index (χ0v) is 17.6. The van der Waals surface area contributed by atoms with Crippen LogP contribution in [0.4, 0.5) is 4.39 Å². The van der Waals surface area contributed by atoms with Crippen LogP contribution >= 0.6 is 0 Å². The van der Waals surface area contributed by atoms with E-state index in [9.17, 15) is 9.50 Å². The summed E-state index contributed by atoms with van der Waals surface area (Å²) in [5.74, 6) is 0.726. The summed E-state index contributed by atoms with van der Waals surface area (Å²) in [6.07, 6.45) is 3.56. The van der Waals surface area contributed by atoms with Crippen molar-refractivity contribution < 1.29 is 19.0 Å².